The molecular weight excluding hydrogens is 292 g/mol. The van der Waals surface area contributed by atoms with Crippen LogP contribution in [-0.4, -0.2) is 25.7 Å². The molecule has 0 aliphatic carbocycles. The third kappa shape index (κ3) is 3.82. The molecule has 0 amide bonds. The zero-order valence-corrected chi connectivity index (χ0v) is 12.1. The molecule has 0 bridgehead atoms. The second-order valence-electron chi connectivity index (χ2n) is 4.50. The number of ether oxygens (including phenoxy) is 1. The minimum absolute atomic E-state index is 0.0649. The van der Waals surface area contributed by atoms with E-state index in [-0.39, 0.29) is 17.1 Å². The van der Waals surface area contributed by atoms with Crippen LogP contribution in [0.1, 0.15) is 5.56 Å². The highest BCUT2D eigenvalue weighted by molar-refractivity contribution is 7.90. The molecule has 0 unspecified atom stereocenters. The largest absolute Gasteiger partial charge is 0.481 e. The van der Waals surface area contributed by atoms with Crippen LogP contribution in [0.25, 0.3) is 0 Å². The van der Waals surface area contributed by atoms with Crippen molar-refractivity contribution in [1.82, 2.24) is 0 Å². The highest BCUT2D eigenvalue weighted by Gasteiger charge is 2.16. The summed E-state index contributed by atoms with van der Waals surface area (Å²) in [6, 6.07) is 12.9. The second-order valence-corrected chi connectivity index (χ2v) is 6.48. The van der Waals surface area contributed by atoms with Crippen molar-refractivity contribution in [3.05, 3.63) is 54.1 Å². The summed E-state index contributed by atoms with van der Waals surface area (Å²) < 4.78 is 29.1. The van der Waals surface area contributed by atoms with Crippen LogP contribution in [0.5, 0.6) is 11.5 Å². The van der Waals surface area contributed by atoms with Gasteiger partial charge in [-0.15, -0.1) is 0 Å². The Morgan fingerprint density at radius 2 is 1.62 bits per heavy atom. The van der Waals surface area contributed by atoms with Gasteiger partial charge < -0.3 is 9.84 Å². The average Bonchev–Trinajstić information content (AvgIpc) is 2.40. The van der Waals surface area contributed by atoms with Gasteiger partial charge in [0.15, 0.2) is 9.84 Å². The SMILES string of the molecule is CS(=O)(=O)c1ccccc1Oc1ccccc1CC(=O)O. The number of rotatable bonds is 5. The first-order valence-corrected chi connectivity index (χ1v) is 8.03. The van der Waals surface area contributed by atoms with Gasteiger partial charge in [-0.05, 0) is 18.2 Å². The van der Waals surface area contributed by atoms with Crippen molar-refractivity contribution < 1.29 is 23.1 Å². The fraction of sp³-hybridized carbons (Fsp3) is 0.133. The predicted octanol–water partition coefficient (Wildman–Crippen LogP) is 2.51. The number of benzene rings is 2. The summed E-state index contributed by atoms with van der Waals surface area (Å²) in [6.45, 7) is 0. The number of carboxylic acids is 1. The molecular formula is C15H14O5S. The van der Waals surface area contributed by atoms with Crippen LogP contribution in [-0.2, 0) is 21.1 Å². The third-order valence-corrected chi connectivity index (χ3v) is 3.92. The lowest BCUT2D eigenvalue weighted by atomic mass is 10.1. The first-order valence-electron chi connectivity index (χ1n) is 6.14. The zero-order chi connectivity index (χ0) is 15.5. The summed E-state index contributed by atoms with van der Waals surface area (Å²) in [5.74, 6) is -0.476. The summed E-state index contributed by atoms with van der Waals surface area (Å²) in [6.07, 6.45) is 0.898. The maximum Gasteiger partial charge on any atom is 0.307 e. The normalized spacial score (nSPS) is 11.1. The lowest BCUT2D eigenvalue weighted by Gasteiger charge is -2.12. The summed E-state index contributed by atoms with van der Waals surface area (Å²) in [5.41, 5.74) is 0.480. The monoisotopic (exact) mass is 306 g/mol. The van der Waals surface area contributed by atoms with E-state index in [2.05, 4.69) is 0 Å². The number of sulfone groups is 1. The Kier molecular flexibility index (Phi) is 4.28. The fourth-order valence-electron chi connectivity index (χ4n) is 1.87. The van der Waals surface area contributed by atoms with Crippen LogP contribution >= 0.6 is 0 Å². The van der Waals surface area contributed by atoms with Gasteiger partial charge in [0.2, 0.25) is 0 Å². The minimum atomic E-state index is -3.43. The van der Waals surface area contributed by atoms with E-state index in [4.69, 9.17) is 9.84 Å². The standard InChI is InChI=1S/C15H14O5S/c1-21(18,19)14-9-5-4-8-13(14)20-12-7-3-2-6-11(12)10-15(16)17/h2-9H,10H2,1H3,(H,16,17). The van der Waals surface area contributed by atoms with Gasteiger partial charge in [0.25, 0.3) is 0 Å². The number of hydrogen-bond acceptors (Lipinski definition) is 4. The summed E-state index contributed by atoms with van der Waals surface area (Å²) in [4.78, 5) is 10.9. The van der Waals surface area contributed by atoms with E-state index in [1.165, 1.54) is 12.1 Å². The van der Waals surface area contributed by atoms with Gasteiger partial charge in [-0.1, -0.05) is 30.3 Å². The molecule has 0 fully saturated rings. The van der Waals surface area contributed by atoms with E-state index in [0.29, 0.717) is 11.3 Å². The molecule has 0 saturated carbocycles. The predicted molar refractivity (Wildman–Crippen MR) is 77.4 cm³/mol. The van der Waals surface area contributed by atoms with Crippen molar-refractivity contribution in [2.24, 2.45) is 0 Å². The van der Waals surface area contributed by atoms with Gasteiger partial charge in [-0.3, -0.25) is 4.79 Å². The maximum atomic E-state index is 11.7. The Balaban J connectivity index is 2.42. The van der Waals surface area contributed by atoms with Crippen LogP contribution in [0.2, 0.25) is 0 Å². The van der Waals surface area contributed by atoms with E-state index >= 15 is 0 Å². The van der Waals surface area contributed by atoms with Crippen molar-refractivity contribution in [1.29, 1.82) is 0 Å². The number of para-hydroxylation sites is 2. The Labute approximate surface area is 122 Å². The minimum Gasteiger partial charge on any atom is -0.481 e. The van der Waals surface area contributed by atoms with Crippen LogP contribution in [0, 0.1) is 0 Å². The van der Waals surface area contributed by atoms with E-state index in [1.807, 2.05) is 0 Å². The summed E-state index contributed by atoms with van der Waals surface area (Å²) >= 11 is 0. The van der Waals surface area contributed by atoms with Crippen molar-refractivity contribution in [2.75, 3.05) is 6.26 Å². The van der Waals surface area contributed by atoms with Crippen molar-refractivity contribution in [3.8, 4) is 11.5 Å². The molecule has 0 aromatic heterocycles. The van der Waals surface area contributed by atoms with Crippen LogP contribution in [0.15, 0.2) is 53.4 Å². The van der Waals surface area contributed by atoms with E-state index in [0.717, 1.165) is 6.26 Å². The molecule has 5 nitrogen and oxygen atoms in total. The van der Waals surface area contributed by atoms with Gasteiger partial charge in [0, 0.05) is 11.8 Å². The molecule has 0 spiro atoms. The molecule has 21 heavy (non-hydrogen) atoms. The first kappa shape index (κ1) is 15.1. The lowest BCUT2D eigenvalue weighted by molar-refractivity contribution is -0.136. The molecule has 0 saturated heterocycles. The lowest BCUT2D eigenvalue weighted by Crippen LogP contribution is -2.04. The fourth-order valence-corrected chi connectivity index (χ4v) is 2.67. The Hall–Kier alpha value is -2.34. The van der Waals surface area contributed by atoms with E-state index < -0.39 is 15.8 Å². The van der Waals surface area contributed by atoms with Crippen LogP contribution < -0.4 is 4.74 Å². The van der Waals surface area contributed by atoms with Crippen molar-refractivity contribution in [3.63, 3.8) is 0 Å². The van der Waals surface area contributed by atoms with Gasteiger partial charge in [-0.25, -0.2) is 8.42 Å². The van der Waals surface area contributed by atoms with Gasteiger partial charge >= 0.3 is 5.97 Å². The van der Waals surface area contributed by atoms with E-state index in [9.17, 15) is 13.2 Å². The van der Waals surface area contributed by atoms with Crippen LogP contribution in [0.3, 0.4) is 0 Å². The molecule has 1 N–H and O–H groups in total. The Morgan fingerprint density at radius 1 is 1.05 bits per heavy atom. The maximum absolute atomic E-state index is 11.7. The number of carboxylic acid groups (broad SMARTS) is 1. The Bertz CT molecular complexity index is 765. The summed E-state index contributed by atoms with van der Waals surface area (Å²) in [5, 5.41) is 8.89. The van der Waals surface area contributed by atoms with Gasteiger partial charge in [0.05, 0.1) is 6.42 Å². The van der Waals surface area contributed by atoms with Crippen LogP contribution in [0.4, 0.5) is 0 Å². The molecule has 0 atom stereocenters. The zero-order valence-electron chi connectivity index (χ0n) is 11.3. The molecule has 2 aromatic rings. The second kappa shape index (κ2) is 5.97. The topological polar surface area (TPSA) is 80.7 Å². The quantitative estimate of drug-likeness (QED) is 0.918. The number of hydrogen-bond donors (Lipinski definition) is 1. The number of carbonyl (C=O) groups is 1. The molecule has 0 aliphatic rings. The highest BCUT2D eigenvalue weighted by Crippen LogP contribution is 2.30. The molecule has 6 heteroatoms. The number of aliphatic carboxylic acids is 1. The van der Waals surface area contributed by atoms with Gasteiger partial charge in [-0.2, -0.15) is 0 Å². The Morgan fingerprint density at radius 3 is 2.24 bits per heavy atom. The molecule has 110 valence electrons. The summed E-state index contributed by atoms with van der Waals surface area (Å²) in [7, 11) is -3.43. The molecule has 2 aromatic carbocycles. The molecule has 0 heterocycles. The van der Waals surface area contributed by atoms with Crippen molar-refractivity contribution >= 4 is 15.8 Å². The third-order valence-electron chi connectivity index (χ3n) is 2.78. The van der Waals surface area contributed by atoms with E-state index in [1.54, 1.807) is 36.4 Å². The molecule has 0 radical (unpaired) electrons. The average molecular weight is 306 g/mol. The van der Waals surface area contributed by atoms with Crippen molar-refractivity contribution in [2.45, 2.75) is 11.3 Å². The van der Waals surface area contributed by atoms with Gasteiger partial charge in [0.1, 0.15) is 16.4 Å². The first-order chi connectivity index (χ1) is 9.88. The molecule has 2 rings (SSSR count). The smallest absolute Gasteiger partial charge is 0.307 e. The molecule has 0 aliphatic heterocycles. The highest BCUT2D eigenvalue weighted by atomic mass is 32.2.